The maximum absolute atomic E-state index is 11.9. The topological polar surface area (TPSA) is 85.3 Å². The van der Waals surface area contributed by atoms with E-state index in [0.717, 1.165) is 53.8 Å². The van der Waals surface area contributed by atoms with Crippen molar-refractivity contribution in [2.45, 2.75) is 39.2 Å². The monoisotopic (exact) mass is 411 g/mol. The zero-order valence-electron chi connectivity index (χ0n) is 17.6. The van der Waals surface area contributed by atoms with Gasteiger partial charge in [-0.25, -0.2) is 9.97 Å². The van der Waals surface area contributed by atoms with Crippen molar-refractivity contribution >= 4 is 17.2 Å². The van der Waals surface area contributed by atoms with Gasteiger partial charge >= 0.3 is 0 Å². The van der Waals surface area contributed by atoms with Crippen molar-refractivity contribution in [2.75, 3.05) is 5.32 Å². The molecule has 156 valence electrons. The van der Waals surface area contributed by atoms with Crippen LogP contribution in [0.1, 0.15) is 45.7 Å². The molecule has 3 aromatic heterocycles. The van der Waals surface area contributed by atoms with Gasteiger partial charge in [-0.05, 0) is 55.9 Å². The molecule has 1 aliphatic carbocycles. The second kappa shape index (κ2) is 7.87. The maximum atomic E-state index is 11.9. The molecular weight excluding hydrogens is 386 g/mol. The predicted molar refractivity (Wildman–Crippen MR) is 122 cm³/mol. The Morgan fingerprint density at radius 1 is 1.06 bits per heavy atom. The molecule has 0 bridgehead atoms. The minimum absolute atomic E-state index is 0.451. The zero-order chi connectivity index (χ0) is 21.4. The summed E-state index contributed by atoms with van der Waals surface area (Å²) >= 11 is 0. The van der Waals surface area contributed by atoms with Crippen LogP contribution in [-0.2, 0) is 19.4 Å². The lowest BCUT2D eigenvalue weighted by atomic mass is 9.96. The molecule has 0 aliphatic heterocycles. The van der Waals surface area contributed by atoms with E-state index < -0.39 is 5.91 Å². The molecule has 3 N–H and O–H groups in total. The summed E-state index contributed by atoms with van der Waals surface area (Å²) < 4.78 is 1.84. The third-order valence-corrected chi connectivity index (χ3v) is 5.96. The van der Waals surface area contributed by atoms with Crippen LogP contribution in [0.4, 0.5) is 5.82 Å². The van der Waals surface area contributed by atoms with Crippen molar-refractivity contribution in [3.63, 3.8) is 0 Å². The molecule has 0 fully saturated rings. The summed E-state index contributed by atoms with van der Waals surface area (Å²) in [5.41, 5.74) is 12.4. The Kier molecular flexibility index (Phi) is 4.90. The van der Waals surface area contributed by atoms with Gasteiger partial charge in [-0.3, -0.25) is 4.79 Å². The minimum Gasteiger partial charge on any atom is -0.366 e. The third kappa shape index (κ3) is 3.54. The van der Waals surface area contributed by atoms with E-state index >= 15 is 0 Å². The Morgan fingerprint density at radius 3 is 2.68 bits per heavy atom. The van der Waals surface area contributed by atoms with Crippen LogP contribution in [0.5, 0.6) is 0 Å². The van der Waals surface area contributed by atoms with Gasteiger partial charge in [0.2, 0.25) is 0 Å². The molecule has 0 saturated carbocycles. The van der Waals surface area contributed by atoms with Crippen LogP contribution in [0.3, 0.4) is 0 Å². The highest BCUT2D eigenvalue weighted by molar-refractivity contribution is 5.93. The molecule has 1 aliphatic rings. The van der Waals surface area contributed by atoms with Gasteiger partial charge in [0.25, 0.3) is 5.91 Å². The number of carbonyl (C=O) groups excluding carboxylic acids is 1. The van der Waals surface area contributed by atoms with Crippen molar-refractivity contribution < 1.29 is 4.79 Å². The number of nitrogens with zero attached hydrogens (tertiary/aromatic N) is 3. The molecule has 0 saturated heterocycles. The number of pyridine rings is 1. The fraction of sp³-hybridized carbons (Fsp3) is 0.240. The fourth-order valence-electron chi connectivity index (χ4n) is 4.45. The van der Waals surface area contributed by atoms with Gasteiger partial charge in [0.1, 0.15) is 11.5 Å². The Labute approximate surface area is 181 Å². The summed E-state index contributed by atoms with van der Waals surface area (Å²) in [5, 5.41) is 3.56. The number of primary amides is 1. The molecular formula is C25H25N5O. The number of anilines is 1. The lowest BCUT2D eigenvalue weighted by molar-refractivity contribution is 0.0994. The van der Waals surface area contributed by atoms with E-state index in [1.165, 1.54) is 11.1 Å². The zero-order valence-corrected chi connectivity index (χ0v) is 17.6. The molecule has 0 spiro atoms. The second-order valence-corrected chi connectivity index (χ2v) is 8.08. The van der Waals surface area contributed by atoms with E-state index in [2.05, 4.69) is 17.4 Å². The summed E-state index contributed by atoms with van der Waals surface area (Å²) in [4.78, 5) is 21.9. The van der Waals surface area contributed by atoms with E-state index in [-0.39, 0.29) is 0 Å². The van der Waals surface area contributed by atoms with Gasteiger partial charge < -0.3 is 15.5 Å². The summed E-state index contributed by atoms with van der Waals surface area (Å²) in [6, 6.07) is 15.9. The van der Waals surface area contributed by atoms with Gasteiger partial charge in [0, 0.05) is 29.6 Å². The molecule has 4 aromatic rings. The van der Waals surface area contributed by atoms with Crippen molar-refractivity contribution in [1.29, 1.82) is 0 Å². The van der Waals surface area contributed by atoms with Crippen LogP contribution in [-0.4, -0.2) is 20.3 Å². The first-order chi connectivity index (χ1) is 15.1. The Morgan fingerprint density at radius 2 is 1.87 bits per heavy atom. The Balaban J connectivity index is 1.62. The fourth-order valence-corrected chi connectivity index (χ4v) is 4.45. The van der Waals surface area contributed by atoms with E-state index in [4.69, 9.17) is 15.7 Å². The highest BCUT2D eigenvalue weighted by Crippen LogP contribution is 2.33. The van der Waals surface area contributed by atoms with Crippen LogP contribution < -0.4 is 11.1 Å². The lowest BCUT2D eigenvalue weighted by Crippen LogP contribution is -2.15. The van der Waals surface area contributed by atoms with Crippen LogP contribution in [0.25, 0.3) is 16.9 Å². The number of benzene rings is 1. The van der Waals surface area contributed by atoms with Crippen molar-refractivity contribution in [1.82, 2.24) is 14.4 Å². The number of hydrogen-bond donors (Lipinski definition) is 2. The molecule has 6 heteroatoms. The van der Waals surface area contributed by atoms with Gasteiger partial charge in [0.15, 0.2) is 5.82 Å². The van der Waals surface area contributed by atoms with Crippen LogP contribution in [0, 0.1) is 6.92 Å². The van der Waals surface area contributed by atoms with Gasteiger partial charge in [0.05, 0.1) is 5.52 Å². The number of aromatic nitrogens is 3. The summed E-state index contributed by atoms with van der Waals surface area (Å²) in [6.07, 6.45) is 6.19. The molecule has 1 amide bonds. The molecule has 0 radical (unpaired) electrons. The first kappa shape index (κ1) is 19.3. The Hall–Kier alpha value is -3.67. The number of amides is 1. The van der Waals surface area contributed by atoms with Crippen molar-refractivity contribution in [2.24, 2.45) is 5.73 Å². The predicted octanol–water partition coefficient (Wildman–Crippen LogP) is 4.29. The van der Waals surface area contributed by atoms with E-state index in [0.29, 0.717) is 18.1 Å². The number of nitrogens with one attached hydrogen (secondary N) is 1. The SMILES string of the molecule is Cc1cn2c(C(N)=O)cccc2c1-c1nc2c(c(NCc3ccccc3)n1)CCCC2. The third-order valence-electron chi connectivity index (χ3n) is 5.96. The summed E-state index contributed by atoms with van der Waals surface area (Å²) in [5.74, 6) is 1.15. The van der Waals surface area contributed by atoms with Gasteiger partial charge in [-0.1, -0.05) is 36.4 Å². The normalized spacial score (nSPS) is 13.2. The average molecular weight is 412 g/mol. The number of rotatable bonds is 5. The maximum Gasteiger partial charge on any atom is 0.265 e. The van der Waals surface area contributed by atoms with Crippen LogP contribution in [0.15, 0.2) is 54.7 Å². The van der Waals surface area contributed by atoms with Crippen molar-refractivity contribution in [3.05, 3.63) is 82.8 Å². The highest BCUT2D eigenvalue weighted by atomic mass is 16.1. The first-order valence-corrected chi connectivity index (χ1v) is 10.7. The standard InChI is InChI=1S/C25H25N5O/c1-16-15-30-20(12-7-13-21(30)23(26)31)22(16)25-28-19-11-6-5-10-18(19)24(29-25)27-14-17-8-3-2-4-9-17/h2-4,7-9,12-13,15H,5-6,10-11,14H2,1H3,(H2,26,31)(H,27,28,29). The number of fused-ring (bicyclic) bond motifs is 2. The molecule has 0 atom stereocenters. The number of hydrogen-bond acceptors (Lipinski definition) is 4. The highest BCUT2D eigenvalue weighted by Gasteiger charge is 2.22. The van der Waals surface area contributed by atoms with E-state index in [1.54, 1.807) is 6.07 Å². The molecule has 3 heterocycles. The van der Waals surface area contributed by atoms with Gasteiger partial charge in [-0.15, -0.1) is 0 Å². The van der Waals surface area contributed by atoms with Gasteiger partial charge in [-0.2, -0.15) is 0 Å². The van der Waals surface area contributed by atoms with Crippen LogP contribution >= 0.6 is 0 Å². The van der Waals surface area contributed by atoms with E-state index in [9.17, 15) is 4.79 Å². The molecule has 6 nitrogen and oxygen atoms in total. The molecule has 31 heavy (non-hydrogen) atoms. The number of aryl methyl sites for hydroxylation is 2. The summed E-state index contributed by atoms with van der Waals surface area (Å²) in [6.45, 7) is 2.73. The smallest absolute Gasteiger partial charge is 0.265 e. The van der Waals surface area contributed by atoms with Crippen molar-refractivity contribution in [3.8, 4) is 11.4 Å². The minimum atomic E-state index is -0.455. The van der Waals surface area contributed by atoms with E-state index in [1.807, 2.05) is 47.9 Å². The Bertz CT molecular complexity index is 1280. The second-order valence-electron chi connectivity index (χ2n) is 8.08. The average Bonchev–Trinajstić information content (AvgIpc) is 3.13. The molecule has 1 aromatic carbocycles. The quantitative estimate of drug-likeness (QED) is 0.513. The number of carbonyl (C=O) groups is 1. The lowest BCUT2D eigenvalue weighted by Gasteiger charge is -2.20. The first-order valence-electron chi connectivity index (χ1n) is 10.7. The van der Waals surface area contributed by atoms with Crippen LogP contribution in [0.2, 0.25) is 0 Å². The molecule has 0 unspecified atom stereocenters. The summed E-state index contributed by atoms with van der Waals surface area (Å²) in [7, 11) is 0. The molecule has 5 rings (SSSR count). The number of nitrogens with two attached hydrogens (primary N) is 1. The largest absolute Gasteiger partial charge is 0.366 e.